The summed E-state index contributed by atoms with van der Waals surface area (Å²) in [5.41, 5.74) is 13.7. The average Bonchev–Trinajstić information content (AvgIpc) is 4.22. The van der Waals surface area contributed by atoms with Crippen LogP contribution in [0.2, 0.25) is 0 Å². The second-order valence-electron chi connectivity index (χ2n) is 24.4. The van der Waals surface area contributed by atoms with Crippen molar-refractivity contribution in [2.45, 2.75) is 134 Å². The fraction of sp³-hybridized carbons (Fsp3) is 0.541. The maximum atomic E-state index is 14.6. The first-order chi connectivity index (χ1) is 36.2. The monoisotopic (exact) mass is 1010 g/mol. The summed E-state index contributed by atoms with van der Waals surface area (Å²) in [6.07, 6.45) is 23.9. The number of carbonyl (C=O) groups excluding carboxylic acids is 4. The molecule has 0 radical (unpaired) electrons. The number of nitrogens with one attached hydrogen (secondary N) is 3. The van der Waals surface area contributed by atoms with E-state index in [1.165, 1.54) is 38.3 Å². The molecule has 5 fully saturated rings. The standard InChI is InChI=1S/C61H74N10O4/c1-32-42-12-8-10-40-30-50(70(54(40)42)58(72)52(32)66-60(74)67(3)4)56-62-46-24-22-38(28-48(46)64-56)44-26-34-14-18-36(44)19-15-35-17-21-37(20-16-34)45(27-35)39-23-25-47-49(29-39)65-57(63-47)51-31-41-11-9-13-43-33(2)53(59(73)71(51)55(41)43)69(7)61(75)68(5)6/h14,17-18,22-28,32,37,39-43,50-52,54-55H,8-13,15-16,19-21,29-31H2,1-7H3,(H,62,64)(H,63,65)(H,66,74)/t32?,37?,39?,40-,41-,42?,43?,50-,51-,52-,54?,55?/m0/s1. The van der Waals surface area contributed by atoms with Crippen molar-refractivity contribution in [3.8, 4) is 11.1 Å². The van der Waals surface area contributed by atoms with Gasteiger partial charge in [0, 0.05) is 64.9 Å². The molecular formula is C61H74N10O4. The molecule has 2 aromatic heterocycles. The molecule has 4 bridgehead atoms. The fourth-order valence-electron chi connectivity index (χ4n) is 16.2. The predicted octanol–water partition coefficient (Wildman–Crippen LogP) is 9.90. The van der Waals surface area contributed by atoms with Crippen LogP contribution in [0.4, 0.5) is 9.59 Å². The zero-order valence-corrected chi connectivity index (χ0v) is 44.9. The third kappa shape index (κ3) is 7.91. The van der Waals surface area contributed by atoms with Crippen LogP contribution in [0, 0.1) is 41.4 Å². The van der Waals surface area contributed by atoms with Crippen LogP contribution in [0.15, 0.2) is 77.0 Å². The molecule has 6 amide bonds. The van der Waals surface area contributed by atoms with Crippen molar-refractivity contribution in [1.29, 1.82) is 0 Å². The van der Waals surface area contributed by atoms with Gasteiger partial charge in [-0.25, -0.2) is 19.6 Å². The van der Waals surface area contributed by atoms with Gasteiger partial charge in [-0.05, 0) is 160 Å². The molecule has 4 aliphatic heterocycles. The van der Waals surface area contributed by atoms with Gasteiger partial charge in [0.1, 0.15) is 23.4 Å². The zero-order chi connectivity index (χ0) is 51.7. The lowest BCUT2D eigenvalue weighted by Gasteiger charge is -2.50. The van der Waals surface area contributed by atoms with E-state index in [0.717, 1.165) is 130 Å². The molecule has 0 spiro atoms. The molecule has 4 aromatic rings. The summed E-state index contributed by atoms with van der Waals surface area (Å²) < 4.78 is 0. The van der Waals surface area contributed by atoms with E-state index in [2.05, 4.69) is 99.6 Å². The number of benzene rings is 2. The fourth-order valence-corrected chi connectivity index (χ4v) is 16.2. The average molecular weight is 1010 g/mol. The van der Waals surface area contributed by atoms with Gasteiger partial charge in [-0.3, -0.25) is 14.5 Å². The molecule has 12 atom stereocenters. The number of H-pyrrole nitrogens is 2. The molecule has 75 heavy (non-hydrogen) atoms. The number of hydrogen-bond acceptors (Lipinski definition) is 6. The Morgan fingerprint density at radius 1 is 0.813 bits per heavy atom. The smallest absolute Gasteiger partial charge is 0.323 e. The van der Waals surface area contributed by atoms with Gasteiger partial charge in [0.25, 0.3) is 5.91 Å². The van der Waals surface area contributed by atoms with Gasteiger partial charge in [0.15, 0.2) is 0 Å². The minimum atomic E-state index is -0.548. The maximum absolute atomic E-state index is 14.6. The number of carbonyl (C=O) groups is 4. The van der Waals surface area contributed by atoms with Crippen LogP contribution in [0.5, 0.6) is 0 Å². The molecule has 7 unspecified atom stereocenters. The number of aryl methyl sites for hydroxylation is 2. The van der Waals surface area contributed by atoms with Crippen LogP contribution in [-0.4, -0.2) is 122 Å². The summed E-state index contributed by atoms with van der Waals surface area (Å²) in [6.45, 7) is 4.24. The minimum Gasteiger partial charge on any atom is -0.344 e. The number of hydrogen-bond donors (Lipinski definition) is 3. The van der Waals surface area contributed by atoms with Crippen LogP contribution < -0.4 is 5.32 Å². The van der Waals surface area contributed by atoms with Crippen molar-refractivity contribution in [2.24, 2.45) is 41.4 Å². The predicted molar refractivity (Wildman–Crippen MR) is 290 cm³/mol. The topological polar surface area (TPSA) is 154 Å². The first kappa shape index (κ1) is 48.2. The molecule has 2 saturated carbocycles. The Hall–Kier alpha value is -6.44. The third-order valence-corrected chi connectivity index (χ3v) is 19.9. The number of fused-ring (bicyclic) bond motifs is 2. The maximum Gasteiger partial charge on any atom is 0.323 e. The number of likely N-dealkylation sites (N-methyl/N-ethyl adjacent to an activating group) is 1. The van der Waals surface area contributed by atoms with Gasteiger partial charge >= 0.3 is 12.1 Å². The first-order valence-corrected chi connectivity index (χ1v) is 28.3. The highest BCUT2D eigenvalue weighted by molar-refractivity contribution is 5.99. The molecule has 3 saturated heterocycles. The van der Waals surface area contributed by atoms with Gasteiger partial charge < -0.3 is 34.9 Å². The van der Waals surface area contributed by atoms with E-state index in [4.69, 9.17) is 9.97 Å². The lowest BCUT2D eigenvalue weighted by atomic mass is 9.68. The number of aromatic nitrogens is 4. The number of imidazole rings is 2. The number of amides is 6. The van der Waals surface area contributed by atoms with Gasteiger partial charge in [0.2, 0.25) is 5.91 Å². The van der Waals surface area contributed by atoms with E-state index in [9.17, 15) is 19.2 Å². The molecule has 16 rings (SSSR count). The Kier molecular flexibility index (Phi) is 11.8. The highest BCUT2D eigenvalue weighted by Crippen LogP contribution is 2.55. The van der Waals surface area contributed by atoms with Crippen molar-refractivity contribution < 1.29 is 19.2 Å². The van der Waals surface area contributed by atoms with Crippen molar-refractivity contribution >= 4 is 41.0 Å². The number of rotatable bonds is 6. The summed E-state index contributed by atoms with van der Waals surface area (Å²) in [5.74, 6) is 3.94. The molecule has 392 valence electrons. The highest BCUT2D eigenvalue weighted by atomic mass is 16.2. The van der Waals surface area contributed by atoms with E-state index >= 15 is 0 Å². The molecule has 14 nitrogen and oxygen atoms in total. The Morgan fingerprint density at radius 3 is 2.39 bits per heavy atom. The molecule has 6 heterocycles. The molecule has 3 N–H and O–H groups in total. The van der Waals surface area contributed by atoms with Gasteiger partial charge in [-0.15, -0.1) is 0 Å². The lowest BCUT2D eigenvalue weighted by Crippen LogP contribution is -2.64. The summed E-state index contributed by atoms with van der Waals surface area (Å²) in [4.78, 5) is 82.1. The van der Waals surface area contributed by atoms with Crippen LogP contribution >= 0.6 is 0 Å². The molecular weight excluding hydrogens is 937 g/mol. The summed E-state index contributed by atoms with van der Waals surface area (Å²) >= 11 is 0. The second-order valence-corrected chi connectivity index (χ2v) is 24.4. The third-order valence-electron chi connectivity index (χ3n) is 19.9. The van der Waals surface area contributed by atoms with E-state index in [-0.39, 0.29) is 65.8 Å². The lowest BCUT2D eigenvalue weighted by molar-refractivity contribution is -0.147. The van der Waals surface area contributed by atoms with E-state index in [0.29, 0.717) is 29.4 Å². The first-order valence-electron chi connectivity index (χ1n) is 28.3. The zero-order valence-electron chi connectivity index (χ0n) is 44.9. The Balaban J connectivity index is 0.729. The highest BCUT2D eigenvalue weighted by Gasteiger charge is 2.58. The Bertz CT molecular complexity index is 3160. The molecule has 8 aliphatic carbocycles. The van der Waals surface area contributed by atoms with Crippen LogP contribution in [-0.2, 0) is 28.9 Å². The SMILES string of the molecule is CC1=C(N(C)C(=O)N(C)C)C(=O)N2C3C1CCC[C@H]3C[C@H]2c1nc2c([nH]1)CC(C1=CC3=CCC1CCc1ccc(c(-c4ccc5nc([C@@H]6C[C@@H]7CCCC8C(C)[C@H](NC(=O)N(C)C)C(=O)N6C87)[nH]c5c4)c1)CC3)C=C2. The van der Waals surface area contributed by atoms with E-state index in [1.54, 1.807) is 45.0 Å². The quantitative estimate of drug-likeness (QED) is 0.175. The number of urea groups is 2. The van der Waals surface area contributed by atoms with Crippen molar-refractivity contribution in [3.63, 3.8) is 0 Å². The van der Waals surface area contributed by atoms with Crippen molar-refractivity contribution in [2.75, 3.05) is 35.2 Å². The Morgan fingerprint density at radius 2 is 1.59 bits per heavy atom. The van der Waals surface area contributed by atoms with Crippen molar-refractivity contribution in [3.05, 3.63) is 111 Å². The summed E-state index contributed by atoms with van der Waals surface area (Å²) in [5, 5.41) is 3.09. The summed E-state index contributed by atoms with van der Waals surface area (Å²) in [7, 11) is 8.67. The molecule has 12 aliphatic rings. The summed E-state index contributed by atoms with van der Waals surface area (Å²) in [6, 6.07) is 12.8. The second kappa shape index (κ2) is 18.4. The van der Waals surface area contributed by atoms with Crippen LogP contribution in [0.3, 0.4) is 0 Å². The molecule has 2 aromatic carbocycles. The largest absolute Gasteiger partial charge is 0.344 e. The van der Waals surface area contributed by atoms with E-state index < -0.39 is 6.04 Å². The van der Waals surface area contributed by atoms with Crippen LogP contribution in [0.25, 0.3) is 28.2 Å². The number of allylic oxidation sites excluding steroid dienone is 5. The number of piperidine rings is 1. The van der Waals surface area contributed by atoms with Gasteiger partial charge in [-0.1, -0.05) is 73.4 Å². The van der Waals surface area contributed by atoms with E-state index in [1.807, 2.05) is 0 Å². The molecule has 14 heteroatoms. The van der Waals surface area contributed by atoms with Crippen LogP contribution in [0.1, 0.15) is 131 Å². The Labute approximate surface area is 441 Å². The van der Waals surface area contributed by atoms with Crippen molar-refractivity contribution in [1.82, 2.24) is 49.8 Å². The number of aromatic amines is 2. The van der Waals surface area contributed by atoms with Gasteiger partial charge in [0.05, 0.1) is 28.8 Å². The minimum absolute atomic E-state index is 0.0234. The number of nitrogens with zero attached hydrogens (tertiary/aromatic N) is 7. The van der Waals surface area contributed by atoms with Gasteiger partial charge in [-0.2, -0.15) is 0 Å². The normalized spacial score (nSPS) is 31.6.